The number of hydrogen-bond acceptors (Lipinski definition) is 2. The number of rotatable bonds is 4. The Bertz CT molecular complexity index is 484. The van der Waals surface area contributed by atoms with Gasteiger partial charge in [-0.25, -0.2) is 4.79 Å². The quantitative estimate of drug-likeness (QED) is 0.888. The Kier molecular flexibility index (Phi) is 4.61. The highest BCUT2D eigenvalue weighted by atomic mass is 16.4. The lowest BCUT2D eigenvalue weighted by Gasteiger charge is -2.17. The Labute approximate surface area is 118 Å². The summed E-state index contributed by atoms with van der Waals surface area (Å²) in [6.45, 7) is 3.34. The topological polar surface area (TPSA) is 69.6 Å². The van der Waals surface area contributed by atoms with Gasteiger partial charge in [-0.15, -0.1) is 0 Å². The fourth-order valence-electron chi connectivity index (χ4n) is 2.42. The molecule has 1 unspecified atom stereocenters. The first-order valence-electron chi connectivity index (χ1n) is 6.89. The van der Waals surface area contributed by atoms with Crippen molar-refractivity contribution in [1.82, 2.24) is 4.90 Å². The number of carbonyl (C=O) groups excluding carboxylic acids is 1. The summed E-state index contributed by atoms with van der Waals surface area (Å²) < 4.78 is 0. The number of urea groups is 1. The molecule has 1 saturated heterocycles. The van der Waals surface area contributed by atoms with E-state index in [2.05, 4.69) is 5.32 Å². The highest BCUT2D eigenvalue weighted by Crippen LogP contribution is 2.22. The molecule has 0 saturated carbocycles. The molecule has 1 aromatic rings. The highest BCUT2D eigenvalue weighted by molar-refractivity contribution is 5.89. The van der Waals surface area contributed by atoms with E-state index in [1.807, 2.05) is 31.2 Å². The van der Waals surface area contributed by atoms with E-state index in [0.29, 0.717) is 25.4 Å². The SMILES string of the molecule is Cc1ccc(NC(=O)N2CCC(CCC(=O)O)C2)cc1. The fraction of sp³-hybridized carbons (Fsp3) is 0.467. The van der Waals surface area contributed by atoms with E-state index in [0.717, 1.165) is 17.7 Å². The second-order valence-electron chi connectivity index (χ2n) is 5.33. The molecule has 1 atom stereocenters. The van der Waals surface area contributed by atoms with Crippen molar-refractivity contribution in [2.45, 2.75) is 26.2 Å². The number of likely N-dealkylation sites (tertiary alicyclic amines) is 1. The molecule has 0 aliphatic carbocycles. The van der Waals surface area contributed by atoms with Crippen molar-refractivity contribution in [3.63, 3.8) is 0 Å². The zero-order valence-electron chi connectivity index (χ0n) is 11.6. The number of aryl methyl sites for hydroxylation is 1. The number of aliphatic carboxylic acids is 1. The minimum absolute atomic E-state index is 0.105. The van der Waals surface area contributed by atoms with E-state index in [9.17, 15) is 9.59 Å². The van der Waals surface area contributed by atoms with Gasteiger partial charge in [0.25, 0.3) is 0 Å². The Morgan fingerprint density at radius 3 is 2.70 bits per heavy atom. The molecule has 0 radical (unpaired) electrons. The number of nitrogens with zero attached hydrogens (tertiary/aromatic N) is 1. The molecular formula is C15H20N2O3. The van der Waals surface area contributed by atoms with Gasteiger partial charge in [-0.05, 0) is 37.8 Å². The van der Waals surface area contributed by atoms with Gasteiger partial charge in [0.05, 0.1) is 0 Å². The predicted octanol–water partition coefficient (Wildman–Crippen LogP) is 2.71. The highest BCUT2D eigenvalue weighted by Gasteiger charge is 2.26. The van der Waals surface area contributed by atoms with Crippen LogP contribution in [0.2, 0.25) is 0 Å². The van der Waals surface area contributed by atoms with Crippen LogP contribution in [0.25, 0.3) is 0 Å². The average Bonchev–Trinajstić information content (AvgIpc) is 2.88. The van der Waals surface area contributed by atoms with Gasteiger partial charge in [0.2, 0.25) is 0 Å². The number of carbonyl (C=O) groups is 2. The van der Waals surface area contributed by atoms with Crippen molar-refractivity contribution < 1.29 is 14.7 Å². The van der Waals surface area contributed by atoms with Crippen LogP contribution in [0.1, 0.15) is 24.8 Å². The normalized spacial score (nSPS) is 18.1. The standard InChI is InChI=1S/C15H20N2O3/c1-11-2-5-13(6-3-11)16-15(20)17-9-8-12(10-17)4-7-14(18)19/h2-3,5-6,12H,4,7-10H2,1H3,(H,16,20)(H,18,19). The van der Waals surface area contributed by atoms with Crippen LogP contribution in [-0.2, 0) is 4.79 Å². The molecule has 0 bridgehead atoms. The molecule has 1 heterocycles. The smallest absolute Gasteiger partial charge is 0.321 e. The third kappa shape index (κ3) is 3.98. The van der Waals surface area contributed by atoms with Crippen molar-refractivity contribution in [3.05, 3.63) is 29.8 Å². The number of nitrogens with one attached hydrogen (secondary N) is 1. The van der Waals surface area contributed by atoms with Crippen LogP contribution < -0.4 is 5.32 Å². The lowest BCUT2D eigenvalue weighted by molar-refractivity contribution is -0.137. The second-order valence-corrected chi connectivity index (χ2v) is 5.33. The molecule has 1 aliphatic rings. The van der Waals surface area contributed by atoms with E-state index in [1.165, 1.54) is 0 Å². The number of hydrogen-bond donors (Lipinski definition) is 2. The first-order chi connectivity index (χ1) is 9.54. The maximum atomic E-state index is 12.1. The molecule has 1 fully saturated rings. The maximum Gasteiger partial charge on any atom is 0.321 e. The van der Waals surface area contributed by atoms with Crippen LogP contribution in [0.3, 0.4) is 0 Å². The van der Waals surface area contributed by atoms with Gasteiger partial charge in [0, 0.05) is 25.2 Å². The van der Waals surface area contributed by atoms with Crippen molar-refractivity contribution >= 4 is 17.7 Å². The molecule has 2 N–H and O–H groups in total. The van der Waals surface area contributed by atoms with E-state index in [1.54, 1.807) is 4.90 Å². The molecule has 20 heavy (non-hydrogen) atoms. The zero-order chi connectivity index (χ0) is 14.5. The van der Waals surface area contributed by atoms with Crippen molar-refractivity contribution in [3.8, 4) is 0 Å². The molecule has 108 valence electrons. The average molecular weight is 276 g/mol. The third-order valence-electron chi connectivity index (χ3n) is 3.64. The summed E-state index contributed by atoms with van der Waals surface area (Å²) in [6.07, 6.45) is 1.70. The molecule has 1 aliphatic heterocycles. The molecule has 2 amide bonds. The second kappa shape index (κ2) is 6.41. The van der Waals surface area contributed by atoms with Crippen LogP contribution in [0.4, 0.5) is 10.5 Å². The van der Waals surface area contributed by atoms with Gasteiger partial charge in [0.1, 0.15) is 0 Å². The van der Waals surface area contributed by atoms with Gasteiger partial charge >= 0.3 is 12.0 Å². The van der Waals surface area contributed by atoms with E-state index in [4.69, 9.17) is 5.11 Å². The summed E-state index contributed by atoms with van der Waals surface area (Å²) in [6, 6.07) is 7.56. The number of carboxylic acids is 1. The summed E-state index contributed by atoms with van der Waals surface area (Å²) in [7, 11) is 0. The van der Waals surface area contributed by atoms with Crippen LogP contribution in [0.15, 0.2) is 24.3 Å². The molecule has 2 rings (SSSR count). The molecule has 0 aromatic heterocycles. The summed E-state index contributed by atoms with van der Waals surface area (Å²) in [5.74, 6) is -0.470. The third-order valence-corrected chi connectivity index (χ3v) is 3.64. The van der Waals surface area contributed by atoms with Crippen LogP contribution in [0, 0.1) is 12.8 Å². The number of amides is 2. The van der Waals surface area contributed by atoms with Crippen LogP contribution >= 0.6 is 0 Å². The Balaban J connectivity index is 1.82. The fourth-order valence-corrected chi connectivity index (χ4v) is 2.42. The van der Waals surface area contributed by atoms with E-state index < -0.39 is 5.97 Å². The zero-order valence-corrected chi connectivity index (χ0v) is 11.6. The van der Waals surface area contributed by atoms with Gasteiger partial charge in [-0.1, -0.05) is 17.7 Å². The number of anilines is 1. The summed E-state index contributed by atoms with van der Waals surface area (Å²) >= 11 is 0. The molecule has 5 nitrogen and oxygen atoms in total. The minimum Gasteiger partial charge on any atom is -0.481 e. The summed E-state index contributed by atoms with van der Waals surface area (Å²) in [4.78, 5) is 24.4. The van der Waals surface area contributed by atoms with Gasteiger partial charge in [-0.2, -0.15) is 0 Å². The summed E-state index contributed by atoms with van der Waals surface area (Å²) in [5.41, 5.74) is 1.94. The molecular weight excluding hydrogens is 256 g/mol. The summed E-state index contributed by atoms with van der Waals surface area (Å²) in [5, 5.41) is 11.5. The van der Waals surface area contributed by atoms with Crippen LogP contribution in [-0.4, -0.2) is 35.1 Å². The van der Waals surface area contributed by atoms with Gasteiger partial charge in [-0.3, -0.25) is 4.79 Å². The van der Waals surface area contributed by atoms with Gasteiger partial charge < -0.3 is 15.3 Å². The van der Waals surface area contributed by atoms with Gasteiger partial charge in [0.15, 0.2) is 0 Å². The van der Waals surface area contributed by atoms with Crippen molar-refractivity contribution in [2.75, 3.05) is 18.4 Å². The Morgan fingerprint density at radius 1 is 1.35 bits per heavy atom. The van der Waals surface area contributed by atoms with Crippen molar-refractivity contribution in [2.24, 2.45) is 5.92 Å². The molecule has 5 heteroatoms. The monoisotopic (exact) mass is 276 g/mol. The first-order valence-corrected chi connectivity index (χ1v) is 6.89. The number of benzene rings is 1. The predicted molar refractivity (Wildman–Crippen MR) is 76.7 cm³/mol. The number of carboxylic acid groups (broad SMARTS) is 1. The van der Waals surface area contributed by atoms with Crippen molar-refractivity contribution in [1.29, 1.82) is 0 Å². The van der Waals surface area contributed by atoms with E-state index >= 15 is 0 Å². The molecule has 1 aromatic carbocycles. The van der Waals surface area contributed by atoms with Crippen LogP contribution in [0.5, 0.6) is 0 Å². The maximum absolute atomic E-state index is 12.1. The Morgan fingerprint density at radius 2 is 2.05 bits per heavy atom. The largest absolute Gasteiger partial charge is 0.481 e. The first kappa shape index (κ1) is 14.4. The lowest BCUT2D eigenvalue weighted by Crippen LogP contribution is -2.33. The minimum atomic E-state index is -0.771. The Hall–Kier alpha value is -2.04. The lowest BCUT2D eigenvalue weighted by atomic mass is 10.0. The molecule has 0 spiro atoms. The van der Waals surface area contributed by atoms with E-state index in [-0.39, 0.29) is 12.5 Å².